The normalized spacial score (nSPS) is 8.00. The Labute approximate surface area is 79.2 Å². The molecule has 0 radical (unpaired) electrons. The summed E-state index contributed by atoms with van der Waals surface area (Å²) in [5.41, 5.74) is 0.978. The average Bonchev–Trinajstić information content (AvgIpc) is 2.03. The maximum absolute atomic E-state index is 9.63. The van der Waals surface area contributed by atoms with E-state index in [9.17, 15) is 4.79 Å². The Hall–Kier alpha value is -0.648. The van der Waals surface area contributed by atoms with Gasteiger partial charge in [-0.15, -0.1) is 0 Å². The van der Waals surface area contributed by atoms with Crippen LogP contribution < -0.4 is 0 Å². The Morgan fingerprint density at radius 2 is 1.91 bits per heavy atom. The van der Waals surface area contributed by atoms with Crippen molar-refractivity contribution in [3.8, 4) is 0 Å². The molecule has 0 heterocycles. The van der Waals surface area contributed by atoms with Gasteiger partial charge in [-0.2, -0.15) is 0 Å². The molecular weight excluding hydrogens is 235 g/mol. The van der Waals surface area contributed by atoms with E-state index in [1.165, 1.54) is 6.47 Å². The Bertz CT molecular complexity index is 199. The number of benzene rings is 1. The molecule has 0 fully saturated rings. The Balaban J connectivity index is 0.000001000. The first kappa shape index (κ1) is 10.4. The molecule has 0 aliphatic heterocycles. The minimum absolute atomic E-state index is 0. The van der Waals surface area contributed by atoms with E-state index >= 15 is 0 Å². The van der Waals surface area contributed by atoms with Crippen LogP contribution >= 0.6 is 0 Å². The van der Waals surface area contributed by atoms with E-state index in [2.05, 4.69) is 4.74 Å². The van der Waals surface area contributed by atoms with E-state index in [1.807, 2.05) is 30.3 Å². The molecule has 0 aliphatic carbocycles. The molecule has 0 aliphatic rings. The zero-order valence-electron chi connectivity index (χ0n) is 5.73. The molecule has 1 rings (SSSR count). The average molecular weight is 242 g/mol. The summed E-state index contributed by atoms with van der Waals surface area (Å²) in [5.74, 6) is 0. The van der Waals surface area contributed by atoms with Crippen molar-refractivity contribution in [3.05, 3.63) is 35.9 Å². The first-order chi connectivity index (χ1) is 4.93. The van der Waals surface area contributed by atoms with Crippen LogP contribution in [0.15, 0.2) is 30.3 Å². The third-order valence-corrected chi connectivity index (χ3v) is 1.14. The molecule has 0 spiro atoms. The molecular formula is C8H7O2Pd-. The standard InChI is InChI=1S/C8H7O2.Pd/c9-7-10-6-8-4-2-1-3-5-8;/h1-5H,6H2;/q-1;. The van der Waals surface area contributed by atoms with Gasteiger partial charge in [0.25, 0.3) is 0 Å². The number of hydrogen-bond acceptors (Lipinski definition) is 2. The summed E-state index contributed by atoms with van der Waals surface area (Å²) in [6.07, 6.45) is 0. The molecule has 0 aromatic heterocycles. The van der Waals surface area contributed by atoms with Gasteiger partial charge in [-0.3, -0.25) is 0 Å². The second-order valence-corrected chi connectivity index (χ2v) is 1.86. The summed E-state index contributed by atoms with van der Waals surface area (Å²) in [7, 11) is 0. The van der Waals surface area contributed by atoms with Crippen LogP contribution in [-0.4, -0.2) is 6.47 Å². The smallest absolute Gasteiger partial charge is 0.0745 e. The fraction of sp³-hybridized carbons (Fsp3) is 0.125. The zero-order chi connectivity index (χ0) is 7.23. The maximum Gasteiger partial charge on any atom is 0.0745 e. The Kier molecular flexibility index (Phi) is 5.73. The van der Waals surface area contributed by atoms with Gasteiger partial charge in [0.05, 0.1) is 6.61 Å². The molecule has 0 atom stereocenters. The maximum atomic E-state index is 9.63. The fourth-order valence-electron chi connectivity index (χ4n) is 0.687. The zero-order valence-corrected chi connectivity index (χ0v) is 7.28. The third kappa shape index (κ3) is 3.92. The first-order valence-electron chi connectivity index (χ1n) is 2.96. The first-order valence-corrected chi connectivity index (χ1v) is 2.96. The van der Waals surface area contributed by atoms with Crippen molar-refractivity contribution in [1.29, 1.82) is 0 Å². The molecule has 2 nitrogen and oxygen atoms in total. The largest absolute Gasteiger partial charge is 0.650 e. The van der Waals surface area contributed by atoms with Crippen LogP contribution in [0.2, 0.25) is 0 Å². The topological polar surface area (TPSA) is 26.3 Å². The van der Waals surface area contributed by atoms with Crippen LogP contribution in [0.25, 0.3) is 0 Å². The Morgan fingerprint density at radius 1 is 1.27 bits per heavy atom. The SMILES string of the molecule is O=[C-]OCc1ccccc1.[Pd]. The molecule has 0 N–H and O–H groups in total. The van der Waals surface area contributed by atoms with Crippen LogP contribution in [-0.2, 0) is 36.6 Å². The van der Waals surface area contributed by atoms with Crippen molar-refractivity contribution in [2.45, 2.75) is 6.61 Å². The Morgan fingerprint density at radius 3 is 2.45 bits per heavy atom. The summed E-state index contributed by atoms with van der Waals surface area (Å²) < 4.78 is 4.41. The molecule has 0 saturated carbocycles. The number of hydrogen-bond donors (Lipinski definition) is 0. The van der Waals surface area contributed by atoms with E-state index in [4.69, 9.17) is 0 Å². The summed E-state index contributed by atoms with van der Waals surface area (Å²) >= 11 is 0. The molecule has 0 saturated heterocycles. The van der Waals surface area contributed by atoms with Gasteiger partial charge in [0.2, 0.25) is 0 Å². The molecule has 3 heteroatoms. The van der Waals surface area contributed by atoms with E-state index in [-0.39, 0.29) is 20.4 Å². The van der Waals surface area contributed by atoms with Gasteiger partial charge in [-0.25, -0.2) is 0 Å². The van der Waals surface area contributed by atoms with E-state index in [0.717, 1.165) is 5.56 Å². The summed E-state index contributed by atoms with van der Waals surface area (Å²) in [6, 6.07) is 9.47. The number of carbonyl (C=O) groups excluding carboxylic acids is 1. The fourth-order valence-corrected chi connectivity index (χ4v) is 0.687. The van der Waals surface area contributed by atoms with Crippen molar-refractivity contribution in [1.82, 2.24) is 0 Å². The van der Waals surface area contributed by atoms with Crippen LogP contribution in [0, 0.1) is 0 Å². The quantitative estimate of drug-likeness (QED) is 0.588. The minimum Gasteiger partial charge on any atom is -0.650 e. The second kappa shape index (κ2) is 6.09. The minimum atomic E-state index is 0. The molecule has 0 unspecified atom stereocenters. The van der Waals surface area contributed by atoms with Crippen molar-refractivity contribution < 1.29 is 30.0 Å². The molecule has 11 heavy (non-hydrogen) atoms. The second-order valence-electron chi connectivity index (χ2n) is 1.86. The van der Waals surface area contributed by atoms with Gasteiger partial charge in [0.1, 0.15) is 0 Å². The van der Waals surface area contributed by atoms with Crippen molar-refractivity contribution in [2.24, 2.45) is 0 Å². The number of rotatable bonds is 3. The molecule has 0 amide bonds. The molecule has 1 aromatic carbocycles. The van der Waals surface area contributed by atoms with E-state index in [0.29, 0.717) is 6.61 Å². The summed E-state index contributed by atoms with van der Waals surface area (Å²) in [4.78, 5) is 9.63. The number of ether oxygens (including phenoxy) is 1. The monoisotopic (exact) mass is 241 g/mol. The van der Waals surface area contributed by atoms with Crippen LogP contribution in [0.5, 0.6) is 0 Å². The van der Waals surface area contributed by atoms with Gasteiger partial charge >= 0.3 is 0 Å². The van der Waals surface area contributed by atoms with E-state index in [1.54, 1.807) is 0 Å². The summed E-state index contributed by atoms with van der Waals surface area (Å²) in [6.45, 7) is 1.68. The van der Waals surface area contributed by atoms with E-state index < -0.39 is 0 Å². The van der Waals surface area contributed by atoms with Crippen molar-refractivity contribution in [3.63, 3.8) is 0 Å². The predicted octanol–water partition coefficient (Wildman–Crippen LogP) is 1.27. The molecule has 1 aromatic rings. The molecule has 0 bridgehead atoms. The van der Waals surface area contributed by atoms with Crippen LogP contribution in [0.4, 0.5) is 0 Å². The van der Waals surface area contributed by atoms with Crippen LogP contribution in [0.1, 0.15) is 5.56 Å². The van der Waals surface area contributed by atoms with Gasteiger partial charge in [-0.05, 0) is 5.56 Å². The summed E-state index contributed by atoms with van der Waals surface area (Å²) in [5, 5.41) is 0. The van der Waals surface area contributed by atoms with Crippen LogP contribution in [0.3, 0.4) is 0 Å². The van der Waals surface area contributed by atoms with Gasteiger partial charge in [0, 0.05) is 20.4 Å². The predicted molar refractivity (Wildman–Crippen MR) is 36.9 cm³/mol. The van der Waals surface area contributed by atoms with Gasteiger partial charge in [-0.1, -0.05) is 36.8 Å². The van der Waals surface area contributed by atoms with Gasteiger partial charge < -0.3 is 9.53 Å². The molecule has 62 valence electrons. The van der Waals surface area contributed by atoms with Crippen molar-refractivity contribution >= 4 is 6.47 Å². The van der Waals surface area contributed by atoms with Crippen molar-refractivity contribution in [2.75, 3.05) is 0 Å². The van der Waals surface area contributed by atoms with Gasteiger partial charge in [0.15, 0.2) is 0 Å². The third-order valence-electron chi connectivity index (χ3n) is 1.14.